The molecule has 2 aromatic carbocycles. The summed E-state index contributed by atoms with van der Waals surface area (Å²) in [6.45, 7) is 0.972. The van der Waals surface area contributed by atoms with Crippen molar-refractivity contribution in [3.8, 4) is 0 Å². The first-order valence-electron chi connectivity index (χ1n) is 9.13. The van der Waals surface area contributed by atoms with Crippen LogP contribution in [0.3, 0.4) is 0 Å². The Labute approximate surface area is 160 Å². The maximum Gasteiger partial charge on any atom is 0.417 e. The molecule has 1 fully saturated rings. The summed E-state index contributed by atoms with van der Waals surface area (Å²) in [5.41, 5.74) is 2.25. The average molecular weight is 380 g/mol. The van der Waals surface area contributed by atoms with E-state index in [2.05, 4.69) is 15.6 Å². The van der Waals surface area contributed by atoms with Crippen LogP contribution in [0, 0.1) is 5.92 Å². The fourth-order valence-corrected chi connectivity index (χ4v) is 3.37. The number of para-hydroxylation sites is 1. The van der Waals surface area contributed by atoms with Crippen LogP contribution < -0.4 is 16.4 Å². The molecule has 0 spiro atoms. The molecule has 4 rings (SSSR count). The molecule has 1 aliphatic heterocycles. The number of fused-ring (bicyclic) bond motifs is 1. The van der Waals surface area contributed by atoms with Crippen molar-refractivity contribution in [2.75, 3.05) is 23.7 Å². The van der Waals surface area contributed by atoms with Crippen LogP contribution in [0.4, 0.5) is 16.2 Å². The minimum absolute atomic E-state index is 0.151. The number of likely N-dealkylation sites (tertiary alicyclic amines) is 1. The van der Waals surface area contributed by atoms with Crippen LogP contribution in [-0.2, 0) is 4.79 Å². The van der Waals surface area contributed by atoms with Gasteiger partial charge < -0.3 is 20.0 Å². The number of oxazole rings is 1. The van der Waals surface area contributed by atoms with Gasteiger partial charge in [-0.3, -0.25) is 9.78 Å². The van der Waals surface area contributed by atoms with Crippen molar-refractivity contribution in [2.45, 2.75) is 12.8 Å². The van der Waals surface area contributed by atoms with Crippen molar-refractivity contribution >= 4 is 34.4 Å². The number of aromatic nitrogens is 1. The maximum atomic E-state index is 12.7. The summed E-state index contributed by atoms with van der Waals surface area (Å²) in [6.07, 6.45) is 1.47. The molecule has 1 atom stereocenters. The lowest BCUT2D eigenvalue weighted by Gasteiger charge is -2.32. The Morgan fingerprint density at radius 1 is 1.07 bits per heavy atom. The van der Waals surface area contributed by atoms with Gasteiger partial charge in [0.25, 0.3) is 0 Å². The van der Waals surface area contributed by atoms with Gasteiger partial charge in [0.2, 0.25) is 5.91 Å². The van der Waals surface area contributed by atoms with Gasteiger partial charge in [-0.05, 0) is 43.2 Å². The Morgan fingerprint density at radius 2 is 1.89 bits per heavy atom. The minimum Gasteiger partial charge on any atom is -0.408 e. The van der Waals surface area contributed by atoms with E-state index < -0.39 is 5.76 Å². The Balaban J connectivity index is 1.39. The molecule has 1 unspecified atom stereocenters. The number of H-pyrrole nitrogens is 1. The SMILES string of the molecule is O=C(Nc1ccc2oc(=O)[nH]c2c1)C1CCCN(C(=O)Nc2ccccc2)C1. The number of hydrogen-bond donors (Lipinski definition) is 3. The number of nitrogens with zero attached hydrogens (tertiary/aromatic N) is 1. The highest BCUT2D eigenvalue weighted by molar-refractivity contribution is 5.95. The number of rotatable bonds is 3. The highest BCUT2D eigenvalue weighted by Crippen LogP contribution is 2.21. The van der Waals surface area contributed by atoms with Crippen molar-refractivity contribution in [3.63, 3.8) is 0 Å². The van der Waals surface area contributed by atoms with Crippen LogP contribution in [-0.4, -0.2) is 34.9 Å². The first-order valence-corrected chi connectivity index (χ1v) is 9.13. The van der Waals surface area contributed by atoms with Crippen LogP contribution in [0.2, 0.25) is 0 Å². The largest absolute Gasteiger partial charge is 0.417 e. The molecule has 0 saturated carbocycles. The molecule has 0 bridgehead atoms. The van der Waals surface area contributed by atoms with E-state index in [1.54, 1.807) is 23.1 Å². The van der Waals surface area contributed by atoms with Crippen LogP contribution in [0.5, 0.6) is 0 Å². The third kappa shape index (κ3) is 3.90. The molecule has 8 nitrogen and oxygen atoms in total. The predicted molar refractivity (Wildman–Crippen MR) is 105 cm³/mol. The number of piperidine rings is 1. The molecule has 28 heavy (non-hydrogen) atoms. The van der Waals surface area contributed by atoms with Crippen LogP contribution in [0.25, 0.3) is 11.1 Å². The van der Waals surface area contributed by atoms with Crippen molar-refractivity contribution in [1.82, 2.24) is 9.88 Å². The van der Waals surface area contributed by atoms with E-state index >= 15 is 0 Å². The van der Waals surface area contributed by atoms with E-state index in [1.807, 2.05) is 30.3 Å². The summed E-state index contributed by atoms with van der Waals surface area (Å²) in [5.74, 6) is -0.984. The summed E-state index contributed by atoms with van der Waals surface area (Å²) in [6, 6.07) is 14.0. The zero-order valence-electron chi connectivity index (χ0n) is 15.1. The second kappa shape index (κ2) is 7.59. The molecule has 8 heteroatoms. The second-order valence-electron chi connectivity index (χ2n) is 6.80. The molecule has 1 aliphatic rings. The molecule has 0 radical (unpaired) electrons. The van der Waals surface area contributed by atoms with Gasteiger partial charge in [-0.2, -0.15) is 0 Å². The Bertz CT molecular complexity index is 1060. The fourth-order valence-electron chi connectivity index (χ4n) is 3.37. The Morgan fingerprint density at radius 3 is 2.71 bits per heavy atom. The number of urea groups is 1. The van der Waals surface area contributed by atoms with Crippen LogP contribution in [0.15, 0.2) is 57.7 Å². The second-order valence-corrected chi connectivity index (χ2v) is 6.80. The molecule has 1 saturated heterocycles. The zero-order chi connectivity index (χ0) is 19.5. The molecular weight excluding hydrogens is 360 g/mol. The topological polar surface area (TPSA) is 107 Å². The van der Waals surface area contributed by atoms with E-state index in [-0.39, 0.29) is 17.9 Å². The molecule has 2 heterocycles. The highest BCUT2D eigenvalue weighted by Gasteiger charge is 2.28. The molecule has 144 valence electrons. The maximum absolute atomic E-state index is 12.7. The standard InChI is InChI=1S/C20H20N4O4/c25-18(21-15-8-9-17-16(11-15)23-20(27)28-17)13-5-4-10-24(12-13)19(26)22-14-6-2-1-3-7-14/h1-3,6-9,11,13H,4-5,10,12H2,(H,21,25)(H,22,26)(H,23,27). The van der Waals surface area contributed by atoms with Gasteiger partial charge in [0, 0.05) is 24.5 Å². The molecule has 3 N–H and O–H groups in total. The average Bonchev–Trinajstić information content (AvgIpc) is 3.08. The van der Waals surface area contributed by atoms with E-state index in [4.69, 9.17) is 4.42 Å². The van der Waals surface area contributed by atoms with Crippen molar-refractivity contribution in [3.05, 3.63) is 59.1 Å². The monoisotopic (exact) mass is 380 g/mol. The summed E-state index contributed by atoms with van der Waals surface area (Å²) in [4.78, 5) is 40.6. The quantitative estimate of drug-likeness (QED) is 0.649. The lowest BCUT2D eigenvalue weighted by molar-refractivity contribution is -0.121. The lowest BCUT2D eigenvalue weighted by atomic mass is 9.97. The van der Waals surface area contributed by atoms with E-state index in [0.29, 0.717) is 36.3 Å². The summed E-state index contributed by atoms with van der Waals surface area (Å²) in [5, 5.41) is 5.72. The first kappa shape index (κ1) is 17.8. The Hall–Kier alpha value is -3.55. The normalized spacial score (nSPS) is 16.7. The third-order valence-electron chi connectivity index (χ3n) is 4.79. The third-order valence-corrected chi connectivity index (χ3v) is 4.79. The van der Waals surface area contributed by atoms with Gasteiger partial charge in [-0.25, -0.2) is 9.59 Å². The summed E-state index contributed by atoms with van der Waals surface area (Å²) < 4.78 is 4.96. The van der Waals surface area contributed by atoms with E-state index in [0.717, 1.165) is 12.1 Å². The first-order chi connectivity index (χ1) is 13.6. The Kier molecular flexibility index (Phi) is 4.84. The van der Waals surface area contributed by atoms with Gasteiger partial charge in [0.05, 0.1) is 11.4 Å². The number of aromatic amines is 1. The van der Waals surface area contributed by atoms with Crippen LogP contribution in [0.1, 0.15) is 12.8 Å². The van der Waals surface area contributed by atoms with E-state index in [9.17, 15) is 14.4 Å². The lowest BCUT2D eigenvalue weighted by Crippen LogP contribution is -2.45. The van der Waals surface area contributed by atoms with Gasteiger partial charge in [0.15, 0.2) is 5.58 Å². The van der Waals surface area contributed by atoms with Crippen molar-refractivity contribution in [1.29, 1.82) is 0 Å². The van der Waals surface area contributed by atoms with Gasteiger partial charge in [-0.15, -0.1) is 0 Å². The van der Waals surface area contributed by atoms with Crippen LogP contribution >= 0.6 is 0 Å². The minimum atomic E-state index is -0.536. The van der Waals surface area contributed by atoms with E-state index in [1.165, 1.54) is 0 Å². The predicted octanol–water partition coefficient (Wildman–Crippen LogP) is 3.00. The number of benzene rings is 2. The zero-order valence-corrected chi connectivity index (χ0v) is 15.1. The highest BCUT2D eigenvalue weighted by atomic mass is 16.4. The molecule has 0 aliphatic carbocycles. The number of anilines is 2. The molecule has 3 amide bonds. The number of carbonyl (C=O) groups is 2. The number of nitrogens with one attached hydrogen (secondary N) is 3. The van der Waals surface area contributed by atoms with Gasteiger partial charge in [-0.1, -0.05) is 18.2 Å². The van der Waals surface area contributed by atoms with Crippen molar-refractivity contribution < 1.29 is 14.0 Å². The van der Waals surface area contributed by atoms with Crippen molar-refractivity contribution in [2.24, 2.45) is 5.92 Å². The smallest absolute Gasteiger partial charge is 0.408 e. The summed E-state index contributed by atoms with van der Waals surface area (Å²) in [7, 11) is 0. The van der Waals surface area contributed by atoms with Gasteiger partial charge in [0.1, 0.15) is 0 Å². The molecular formula is C20H20N4O4. The number of amides is 3. The molecule has 3 aromatic rings. The van der Waals surface area contributed by atoms with Gasteiger partial charge >= 0.3 is 11.8 Å². The number of hydrogen-bond acceptors (Lipinski definition) is 4. The molecule has 1 aromatic heterocycles. The summed E-state index contributed by atoms with van der Waals surface area (Å²) >= 11 is 0. The fraction of sp³-hybridized carbons (Fsp3) is 0.250. The number of carbonyl (C=O) groups excluding carboxylic acids is 2.